The summed E-state index contributed by atoms with van der Waals surface area (Å²) in [4.78, 5) is 21.7. The van der Waals surface area contributed by atoms with Crippen LogP contribution in [0.15, 0.2) is 53.9 Å². The molecule has 0 saturated carbocycles. The molecule has 2 aromatic heterocycles. The monoisotopic (exact) mass is 425 g/mol. The number of para-hydroxylation sites is 1. The lowest BCUT2D eigenvalue weighted by Gasteiger charge is -2.09. The molecule has 2 aromatic carbocycles. The van der Waals surface area contributed by atoms with Crippen molar-refractivity contribution in [3.63, 3.8) is 0 Å². The normalized spacial score (nSPS) is 11.1. The number of aryl methyl sites for hydroxylation is 2. The smallest absolute Gasteiger partial charge is 0.387 e. The lowest BCUT2D eigenvalue weighted by atomic mass is 10.1. The minimum atomic E-state index is -2.93. The van der Waals surface area contributed by atoms with Crippen LogP contribution in [0.4, 0.5) is 13.9 Å². The number of carbonyl (C=O) groups excluding carboxylic acids is 1. The number of rotatable bonds is 5. The number of pyridine rings is 1. The highest BCUT2D eigenvalue weighted by atomic mass is 32.1. The molecular formula is C22H17F2N3O2S. The van der Waals surface area contributed by atoms with Crippen LogP contribution >= 0.6 is 11.3 Å². The average molecular weight is 425 g/mol. The van der Waals surface area contributed by atoms with Gasteiger partial charge in [-0.15, -0.1) is 11.3 Å². The highest BCUT2D eigenvalue weighted by molar-refractivity contribution is 7.14. The molecular weight excluding hydrogens is 408 g/mol. The fourth-order valence-electron chi connectivity index (χ4n) is 3.10. The first-order valence-electron chi connectivity index (χ1n) is 9.10. The molecule has 30 heavy (non-hydrogen) atoms. The quantitative estimate of drug-likeness (QED) is 0.437. The molecule has 0 spiro atoms. The maximum atomic E-state index is 12.8. The van der Waals surface area contributed by atoms with Crippen molar-refractivity contribution in [3.05, 3.63) is 70.7 Å². The van der Waals surface area contributed by atoms with E-state index in [4.69, 9.17) is 0 Å². The zero-order chi connectivity index (χ0) is 21.3. The van der Waals surface area contributed by atoms with Gasteiger partial charge >= 0.3 is 6.61 Å². The molecule has 0 unspecified atom stereocenters. The molecule has 0 bridgehead atoms. The number of aromatic nitrogens is 2. The summed E-state index contributed by atoms with van der Waals surface area (Å²) in [6, 6.07) is 14.1. The molecule has 4 aromatic rings. The molecule has 0 aliphatic carbocycles. The Balaban J connectivity index is 1.59. The van der Waals surface area contributed by atoms with Crippen molar-refractivity contribution >= 4 is 33.3 Å². The number of nitrogens with zero attached hydrogens (tertiary/aromatic N) is 2. The molecule has 152 valence electrons. The first-order chi connectivity index (χ1) is 14.4. The highest BCUT2D eigenvalue weighted by Crippen LogP contribution is 2.33. The van der Waals surface area contributed by atoms with Gasteiger partial charge in [0.05, 0.1) is 22.5 Å². The number of thiazole rings is 1. The Hall–Kier alpha value is -3.39. The van der Waals surface area contributed by atoms with Crippen LogP contribution in [0, 0.1) is 13.8 Å². The van der Waals surface area contributed by atoms with E-state index in [9.17, 15) is 13.6 Å². The Labute approximate surface area is 175 Å². The molecule has 0 saturated heterocycles. The third-order valence-electron chi connectivity index (χ3n) is 4.51. The van der Waals surface area contributed by atoms with Crippen molar-refractivity contribution in [1.82, 2.24) is 9.97 Å². The number of ether oxygens (including phenoxy) is 1. The van der Waals surface area contributed by atoms with E-state index in [-0.39, 0.29) is 11.7 Å². The molecule has 0 radical (unpaired) electrons. The average Bonchev–Trinajstić information content (AvgIpc) is 3.15. The summed E-state index contributed by atoms with van der Waals surface area (Å²) in [6.45, 7) is 0.833. The number of hydrogen-bond donors (Lipinski definition) is 1. The largest absolute Gasteiger partial charge is 0.434 e. The maximum Gasteiger partial charge on any atom is 0.387 e. The summed E-state index contributed by atoms with van der Waals surface area (Å²) < 4.78 is 29.9. The summed E-state index contributed by atoms with van der Waals surface area (Å²) in [5.74, 6) is -0.305. The standard InChI is InChI=1S/C22H17F2N3O2S/c1-12-7-8-14-10-16(13(2)25-17(14)9-12)20(28)27-22-26-18(11-30-22)15-5-3-4-6-19(15)29-21(23)24/h3-11,21H,1-2H3,(H,26,27,28). The number of alkyl halides is 2. The Bertz CT molecular complexity index is 1240. The van der Waals surface area contributed by atoms with Crippen LogP contribution < -0.4 is 10.1 Å². The number of anilines is 1. The Kier molecular flexibility index (Phi) is 5.41. The van der Waals surface area contributed by atoms with E-state index in [1.54, 1.807) is 36.6 Å². The summed E-state index contributed by atoms with van der Waals surface area (Å²) in [7, 11) is 0. The van der Waals surface area contributed by atoms with Crippen LogP contribution in [0.25, 0.3) is 22.2 Å². The maximum absolute atomic E-state index is 12.8. The number of fused-ring (bicyclic) bond motifs is 1. The van der Waals surface area contributed by atoms with Crippen molar-refractivity contribution in [1.29, 1.82) is 0 Å². The van der Waals surface area contributed by atoms with Gasteiger partial charge in [-0.05, 0) is 43.7 Å². The van der Waals surface area contributed by atoms with Crippen LogP contribution in [0.2, 0.25) is 0 Å². The molecule has 8 heteroatoms. The van der Waals surface area contributed by atoms with Gasteiger partial charge in [0, 0.05) is 16.3 Å². The zero-order valence-corrected chi connectivity index (χ0v) is 17.0. The molecule has 1 N–H and O–H groups in total. The minimum absolute atomic E-state index is 0.0283. The Morgan fingerprint density at radius 3 is 2.70 bits per heavy atom. The number of amides is 1. The van der Waals surface area contributed by atoms with Crippen molar-refractivity contribution in [2.24, 2.45) is 0 Å². The SMILES string of the molecule is Cc1ccc2cc(C(=O)Nc3nc(-c4ccccc4OC(F)F)cs3)c(C)nc2c1. The van der Waals surface area contributed by atoms with Gasteiger partial charge in [-0.1, -0.05) is 24.3 Å². The Morgan fingerprint density at radius 1 is 1.10 bits per heavy atom. The predicted octanol–water partition coefficient (Wildman–Crippen LogP) is 5.83. The predicted molar refractivity (Wildman–Crippen MR) is 113 cm³/mol. The van der Waals surface area contributed by atoms with Gasteiger partial charge in [-0.3, -0.25) is 15.1 Å². The summed E-state index contributed by atoms with van der Waals surface area (Å²) in [5.41, 5.74) is 3.85. The lowest BCUT2D eigenvalue weighted by molar-refractivity contribution is -0.0494. The number of hydrogen-bond acceptors (Lipinski definition) is 5. The van der Waals surface area contributed by atoms with Gasteiger partial charge in [0.2, 0.25) is 0 Å². The van der Waals surface area contributed by atoms with Crippen LogP contribution in [-0.2, 0) is 0 Å². The molecule has 0 atom stereocenters. The van der Waals surface area contributed by atoms with Crippen LogP contribution in [0.5, 0.6) is 5.75 Å². The first kappa shape index (κ1) is 19.9. The van der Waals surface area contributed by atoms with Gasteiger partial charge in [-0.25, -0.2) is 4.98 Å². The molecule has 0 fully saturated rings. The van der Waals surface area contributed by atoms with Crippen LogP contribution in [0.3, 0.4) is 0 Å². The molecule has 2 heterocycles. The summed E-state index contributed by atoms with van der Waals surface area (Å²) in [5, 5.41) is 5.66. The Morgan fingerprint density at radius 2 is 1.90 bits per heavy atom. The topological polar surface area (TPSA) is 64.1 Å². The van der Waals surface area contributed by atoms with Gasteiger partial charge in [0.1, 0.15) is 5.75 Å². The van der Waals surface area contributed by atoms with Crippen molar-refractivity contribution in [2.75, 3.05) is 5.32 Å². The second-order valence-electron chi connectivity index (χ2n) is 6.68. The second kappa shape index (κ2) is 8.16. The van der Waals surface area contributed by atoms with E-state index in [1.165, 1.54) is 17.4 Å². The fourth-order valence-corrected chi connectivity index (χ4v) is 3.81. The van der Waals surface area contributed by atoms with Crippen LogP contribution in [0.1, 0.15) is 21.6 Å². The second-order valence-corrected chi connectivity index (χ2v) is 7.54. The van der Waals surface area contributed by atoms with E-state index in [0.717, 1.165) is 16.5 Å². The molecule has 5 nitrogen and oxygen atoms in total. The van der Waals surface area contributed by atoms with Crippen molar-refractivity contribution in [2.45, 2.75) is 20.5 Å². The summed E-state index contributed by atoms with van der Waals surface area (Å²) >= 11 is 1.20. The van der Waals surface area contributed by atoms with E-state index < -0.39 is 6.61 Å². The molecule has 0 aliphatic rings. The van der Waals surface area contributed by atoms with E-state index in [0.29, 0.717) is 27.6 Å². The lowest BCUT2D eigenvalue weighted by Crippen LogP contribution is -2.14. The third-order valence-corrected chi connectivity index (χ3v) is 5.27. The zero-order valence-electron chi connectivity index (χ0n) is 16.1. The minimum Gasteiger partial charge on any atom is -0.434 e. The number of nitrogens with one attached hydrogen (secondary N) is 1. The molecule has 0 aliphatic heterocycles. The number of carbonyl (C=O) groups is 1. The van der Waals surface area contributed by atoms with Crippen LogP contribution in [-0.4, -0.2) is 22.5 Å². The first-order valence-corrected chi connectivity index (χ1v) is 9.98. The van der Waals surface area contributed by atoms with Gasteiger partial charge in [0.25, 0.3) is 5.91 Å². The van der Waals surface area contributed by atoms with E-state index in [1.807, 2.05) is 25.1 Å². The van der Waals surface area contributed by atoms with E-state index >= 15 is 0 Å². The molecule has 4 rings (SSSR count). The van der Waals surface area contributed by atoms with Crippen molar-refractivity contribution < 1.29 is 18.3 Å². The number of halogens is 2. The van der Waals surface area contributed by atoms with Gasteiger partial charge < -0.3 is 4.74 Å². The van der Waals surface area contributed by atoms with Gasteiger partial charge in [0.15, 0.2) is 5.13 Å². The van der Waals surface area contributed by atoms with E-state index in [2.05, 4.69) is 20.0 Å². The highest BCUT2D eigenvalue weighted by Gasteiger charge is 2.16. The molecule has 1 amide bonds. The third kappa shape index (κ3) is 4.13. The van der Waals surface area contributed by atoms with Crippen molar-refractivity contribution in [3.8, 4) is 17.0 Å². The number of benzene rings is 2. The van der Waals surface area contributed by atoms with Gasteiger partial charge in [-0.2, -0.15) is 8.78 Å². The summed E-state index contributed by atoms with van der Waals surface area (Å²) in [6.07, 6.45) is 0. The fraction of sp³-hybridized carbons (Fsp3) is 0.136.